The Hall–Kier alpha value is -2.55. The third-order valence-electron chi connectivity index (χ3n) is 5.60. The fourth-order valence-corrected chi connectivity index (χ4v) is 5.04. The average molecular weight is 443 g/mol. The van der Waals surface area contributed by atoms with Gasteiger partial charge in [0.1, 0.15) is 5.82 Å². The second kappa shape index (κ2) is 9.30. The van der Waals surface area contributed by atoms with E-state index < -0.39 is 10.0 Å². The Morgan fingerprint density at radius 1 is 1.16 bits per heavy atom. The summed E-state index contributed by atoms with van der Waals surface area (Å²) in [5.74, 6) is -0.0409. The number of halogens is 1. The predicted molar refractivity (Wildman–Crippen MR) is 118 cm³/mol. The summed E-state index contributed by atoms with van der Waals surface area (Å²) >= 11 is 0. The lowest BCUT2D eigenvalue weighted by atomic mass is 9.98. The van der Waals surface area contributed by atoms with Crippen LogP contribution in [0.5, 0.6) is 0 Å². The third kappa shape index (κ3) is 5.58. The molecule has 2 aromatic carbocycles. The summed E-state index contributed by atoms with van der Waals surface area (Å²) < 4.78 is 43.0. The fraction of sp³-hybridized carbons (Fsp3) is 0.348. The molecule has 0 amide bonds. The monoisotopic (exact) mass is 442 g/mol. The molecule has 1 aliphatic rings. The van der Waals surface area contributed by atoms with Gasteiger partial charge < -0.3 is 0 Å². The molecule has 0 bridgehead atoms. The topological polar surface area (TPSA) is 67.2 Å². The molecule has 1 aliphatic heterocycles. The van der Waals surface area contributed by atoms with Crippen LogP contribution in [-0.4, -0.2) is 42.7 Å². The van der Waals surface area contributed by atoms with Crippen molar-refractivity contribution >= 4 is 10.0 Å². The molecule has 31 heavy (non-hydrogen) atoms. The Labute approximate surface area is 182 Å². The van der Waals surface area contributed by atoms with Crippen molar-refractivity contribution in [2.75, 3.05) is 19.6 Å². The van der Waals surface area contributed by atoms with Crippen LogP contribution in [0.1, 0.15) is 24.1 Å². The lowest BCUT2D eigenvalue weighted by Crippen LogP contribution is -2.40. The Morgan fingerprint density at radius 2 is 1.97 bits per heavy atom. The summed E-state index contributed by atoms with van der Waals surface area (Å²) in [6.07, 6.45) is 3.84. The number of hydrogen-bond acceptors (Lipinski definition) is 4. The van der Waals surface area contributed by atoms with Crippen LogP contribution in [0.4, 0.5) is 4.39 Å². The van der Waals surface area contributed by atoms with E-state index in [1.54, 1.807) is 35.0 Å². The molecule has 6 nitrogen and oxygen atoms in total. The number of benzene rings is 2. The molecule has 1 N–H and O–H groups in total. The smallest absolute Gasteiger partial charge is 0.240 e. The summed E-state index contributed by atoms with van der Waals surface area (Å²) in [7, 11) is -3.50. The van der Waals surface area contributed by atoms with Crippen LogP contribution in [-0.2, 0) is 16.6 Å². The predicted octanol–water partition coefficient (Wildman–Crippen LogP) is 3.51. The Balaban J connectivity index is 1.33. The second-order valence-electron chi connectivity index (χ2n) is 8.14. The summed E-state index contributed by atoms with van der Waals surface area (Å²) in [5.41, 5.74) is 2.63. The van der Waals surface area contributed by atoms with Gasteiger partial charge in [-0.15, -0.1) is 0 Å². The van der Waals surface area contributed by atoms with E-state index in [0.29, 0.717) is 23.7 Å². The van der Waals surface area contributed by atoms with E-state index in [1.807, 2.05) is 25.3 Å². The van der Waals surface area contributed by atoms with Gasteiger partial charge in [-0.05, 0) is 68.6 Å². The highest BCUT2D eigenvalue weighted by Crippen LogP contribution is 2.19. The lowest BCUT2D eigenvalue weighted by Gasteiger charge is -2.32. The number of hydrogen-bond donors (Lipinski definition) is 1. The summed E-state index contributed by atoms with van der Waals surface area (Å²) in [6.45, 7) is 4.80. The Morgan fingerprint density at radius 3 is 2.74 bits per heavy atom. The largest absolute Gasteiger partial charge is 0.297 e. The molecule has 1 unspecified atom stereocenters. The number of piperidine rings is 1. The molecule has 4 rings (SSSR count). The number of aromatic nitrogens is 2. The van der Waals surface area contributed by atoms with Crippen molar-refractivity contribution < 1.29 is 12.8 Å². The van der Waals surface area contributed by atoms with Gasteiger partial charge in [0.25, 0.3) is 0 Å². The maximum Gasteiger partial charge on any atom is 0.240 e. The standard InChI is InChI=1S/C23H27FN4O2S/c1-18-7-9-23(10-8-18)31(29,30)25-15-19-4-3-12-27(16-19)17-21-11-13-28(26-21)22-6-2-5-20(24)14-22/h2,5-11,13-14,19,25H,3-4,12,15-17H2,1H3. The fourth-order valence-electron chi connectivity index (χ4n) is 3.93. The minimum absolute atomic E-state index is 0.249. The Bertz CT molecular complexity index is 1130. The molecule has 164 valence electrons. The highest BCUT2D eigenvalue weighted by atomic mass is 32.2. The summed E-state index contributed by atoms with van der Waals surface area (Å²) in [5, 5.41) is 4.57. The lowest BCUT2D eigenvalue weighted by molar-refractivity contribution is 0.167. The van der Waals surface area contributed by atoms with Crippen LogP contribution in [0.3, 0.4) is 0 Å². The number of nitrogens with one attached hydrogen (secondary N) is 1. The van der Waals surface area contributed by atoms with Crippen LogP contribution in [0.2, 0.25) is 0 Å². The van der Waals surface area contributed by atoms with Crippen LogP contribution in [0.25, 0.3) is 5.69 Å². The maximum atomic E-state index is 13.5. The van der Waals surface area contributed by atoms with Crippen LogP contribution < -0.4 is 4.72 Å². The molecule has 1 saturated heterocycles. The van der Waals surface area contributed by atoms with E-state index in [4.69, 9.17) is 0 Å². The van der Waals surface area contributed by atoms with E-state index in [9.17, 15) is 12.8 Å². The van der Waals surface area contributed by atoms with Crippen LogP contribution in [0, 0.1) is 18.7 Å². The number of likely N-dealkylation sites (tertiary alicyclic amines) is 1. The molecule has 0 spiro atoms. The first-order chi connectivity index (χ1) is 14.9. The number of rotatable bonds is 7. The van der Waals surface area contributed by atoms with Crippen molar-refractivity contribution in [1.29, 1.82) is 0 Å². The first-order valence-corrected chi connectivity index (χ1v) is 12.0. The molecular formula is C23H27FN4O2S. The summed E-state index contributed by atoms with van der Waals surface area (Å²) in [4.78, 5) is 2.60. The van der Waals surface area contributed by atoms with Gasteiger partial charge in [-0.2, -0.15) is 5.10 Å². The minimum Gasteiger partial charge on any atom is -0.297 e. The first kappa shape index (κ1) is 21.7. The van der Waals surface area contributed by atoms with Crippen LogP contribution >= 0.6 is 0 Å². The van der Waals surface area contributed by atoms with Gasteiger partial charge in [-0.25, -0.2) is 22.2 Å². The van der Waals surface area contributed by atoms with Gasteiger partial charge in [0, 0.05) is 25.8 Å². The number of nitrogens with zero attached hydrogens (tertiary/aromatic N) is 3. The summed E-state index contributed by atoms with van der Waals surface area (Å²) in [6, 6.07) is 15.2. The zero-order valence-electron chi connectivity index (χ0n) is 17.5. The van der Waals surface area contributed by atoms with Gasteiger partial charge in [0.2, 0.25) is 10.0 Å². The zero-order chi connectivity index (χ0) is 21.8. The van der Waals surface area contributed by atoms with Gasteiger partial charge in [-0.3, -0.25) is 4.90 Å². The normalized spacial score (nSPS) is 17.7. The van der Waals surface area contributed by atoms with Gasteiger partial charge in [0.15, 0.2) is 0 Å². The SMILES string of the molecule is Cc1ccc(S(=O)(=O)NCC2CCCN(Cc3ccn(-c4cccc(F)c4)n3)C2)cc1. The van der Waals surface area contributed by atoms with Crippen molar-refractivity contribution in [1.82, 2.24) is 19.4 Å². The van der Waals surface area contributed by atoms with Crippen molar-refractivity contribution in [2.24, 2.45) is 5.92 Å². The molecule has 0 radical (unpaired) electrons. The highest BCUT2D eigenvalue weighted by molar-refractivity contribution is 7.89. The van der Waals surface area contributed by atoms with E-state index in [2.05, 4.69) is 14.7 Å². The van der Waals surface area contributed by atoms with Crippen LogP contribution in [0.15, 0.2) is 65.7 Å². The van der Waals surface area contributed by atoms with Crippen molar-refractivity contribution in [3.05, 3.63) is 77.9 Å². The maximum absolute atomic E-state index is 13.5. The molecule has 0 aliphatic carbocycles. The van der Waals surface area contributed by atoms with E-state index in [0.717, 1.165) is 37.2 Å². The van der Waals surface area contributed by atoms with Gasteiger partial charge in [0.05, 0.1) is 16.3 Å². The van der Waals surface area contributed by atoms with E-state index in [-0.39, 0.29) is 11.7 Å². The number of sulfonamides is 1. The van der Waals surface area contributed by atoms with Gasteiger partial charge in [-0.1, -0.05) is 23.8 Å². The second-order valence-corrected chi connectivity index (χ2v) is 9.91. The molecular weight excluding hydrogens is 415 g/mol. The average Bonchev–Trinajstić information content (AvgIpc) is 3.21. The molecule has 1 fully saturated rings. The first-order valence-electron chi connectivity index (χ1n) is 10.5. The van der Waals surface area contributed by atoms with E-state index in [1.165, 1.54) is 12.1 Å². The Kier molecular flexibility index (Phi) is 6.50. The molecule has 2 heterocycles. The minimum atomic E-state index is -3.50. The zero-order valence-corrected chi connectivity index (χ0v) is 18.4. The van der Waals surface area contributed by atoms with Gasteiger partial charge >= 0.3 is 0 Å². The highest BCUT2D eigenvalue weighted by Gasteiger charge is 2.23. The molecule has 8 heteroatoms. The van der Waals surface area contributed by atoms with E-state index >= 15 is 0 Å². The molecule has 3 aromatic rings. The number of aryl methyl sites for hydroxylation is 1. The van der Waals surface area contributed by atoms with Crippen molar-refractivity contribution in [3.8, 4) is 5.69 Å². The molecule has 1 atom stereocenters. The molecule has 1 aromatic heterocycles. The van der Waals surface area contributed by atoms with Crippen molar-refractivity contribution in [2.45, 2.75) is 31.2 Å². The third-order valence-corrected chi connectivity index (χ3v) is 7.04. The van der Waals surface area contributed by atoms with Crippen molar-refractivity contribution in [3.63, 3.8) is 0 Å². The quantitative estimate of drug-likeness (QED) is 0.608. The molecule has 0 saturated carbocycles.